The highest BCUT2D eigenvalue weighted by atomic mass is 35.5. The van der Waals surface area contributed by atoms with E-state index in [2.05, 4.69) is 9.97 Å². The maximum Gasteiger partial charge on any atom is 0.241 e. The summed E-state index contributed by atoms with van der Waals surface area (Å²) < 4.78 is 16.8. The third-order valence-corrected chi connectivity index (χ3v) is 4.52. The van der Waals surface area contributed by atoms with Crippen molar-refractivity contribution in [3.8, 4) is 28.6 Å². The lowest BCUT2D eigenvalue weighted by Crippen LogP contribution is -2.09. The van der Waals surface area contributed by atoms with Crippen LogP contribution in [0.15, 0.2) is 18.3 Å². The number of rotatable bonds is 5. The van der Waals surface area contributed by atoms with Crippen molar-refractivity contribution in [2.45, 2.75) is 33.8 Å². The van der Waals surface area contributed by atoms with E-state index in [4.69, 9.17) is 30.8 Å². The number of aryl methyl sites for hydroxylation is 1. The van der Waals surface area contributed by atoms with Crippen molar-refractivity contribution in [2.24, 2.45) is 0 Å². The first-order chi connectivity index (χ1) is 12.8. The van der Waals surface area contributed by atoms with Crippen LogP contribution in [0.3, 0.4) is 0 Å². The van der Waals surface area contributed by atoms with Gasteiger partial charge in [0.25, 0.3) is 0 Å². The van der Waals surface area contributed by atoms with Crippen molar-refractivity contribution in [2.75, 3.05) is 14.2 Å². The Hall–Kier alpha value is -2.60. The number of nitrogens with zero attached hydrogens (tertiary/aromatic N) is 3. The van der Waals surface area contributed by atoms with E-state index in [9.17, 15) is 0 Å². The van der Waals surface area contributed by atoms with Gasteiger partial charge in [-0.3, -0.25) is 0 Å². The summed E-state index contributed by atoms with van der Waals surface area (Å²) in [5, 5.41) is 1.28. The van der Waals surface area contributed by atoms with Crippen molar-refractivity contribution in [3.63, 3.8) is 0 Å². The van der Waals surface area contributed by atoms with E-state index in [-0.39, 0.29) is 6.10 Å². The second kappa shape index (κ2) is 7.56. The van der Waals surface area contributed by atoms with Crippen molar-refractivity contribution >= 4 is 22.5 Å². The fraction of sp³-hybridized carbons (Fsp3) is 0.350. The van der Waals surface area contributed by atoms with Crippen LogP contribution in [0.2, 0.25) is 5.02 Å². The molecule has 0 radical (unpaired) electrons. The number of methoxy groups -OCH3 is 2. The van der Waals surface area contributed by atoms with E-state index in [0.717, 1.165) is 16.5 Å². The number of halogens is 1. The van der Waals surface area contributed by atoms with Gasteiger partial charge in [-0.1, -0.05) is 11.6 Å². The molecule has 0 aliphatic carbocycles. The molecule has 0 aliphatic heterocycles. The van der Waals surface area contributed by atoms with Crippen LogP contribution >= 0.6 is 11.6 Å². The molecule has 0 atom stereocenters. The topological polar surface area (TPSA) is 66.4 Å². The van der Waals surface area contributed by atoms with Crippen LogP contribution in [0.5, 0.6) is 17.4 Å². The van der Waals surface area contributed by atoms with Gasteiger partial charge in [-0.2, -0.15) is 0 Å². The molecule has 142 valence electrons. The van der Waals surface area contributed by atoms with Gasteiger partial charge >= 0.3 is 0 Å². The van der Waals surface area contributed by atoms with Crippen LogP contribution in [-0.2, 0) is 0 Å². The second-order valence-corrected chi connectivity index (χ2v) is 6.81. The summed E-state index contributed by atoms with van der Waals surface area (Å²) in [6.07, 6.45) is 1.71. The highest BCUT2D eigenvalue weighted by Gasteiger charge is 2.20. The quantitative estimate of drug-likeness (QED) is 0.628. The van der Waals surface area contributed by atoms with E-state index in [1.807, 2.05) is 33.8 Å². The Balaban J connectivity index is 2.34. The molecule has 3 aromatic rings. The molecule has 2 aromatic heterocycles. The summed E-state index contributed by atoms with van der Waals surface area (Å²) in [5.74, 6) is 2.28. The molecule has 0 saturated carbocycles. The summed E-state index contributed by atoms with van der Waals surface area (Å²) >= 11 is 6.62. The Morgan fingerprint density at radius 2 is 1.70 bits per heavy atom. The minimum atomic E-state index is -0.0531. The molecule has 6 nitrogen and oxygen atoms in total. The molecule has 3 rings (SSSR count). The van der Waals surface area contributed by atoms with Crippen LogP contribution in [0.1, 0.15) is 25.2 Å². The molecule has 0 N–H and O–H groups in total. The van der Waals surface area contributed by atoms with Gasteiger partial charge in [0.1, 0.15) is 22.8 Å². The van der Waals surface area contributed by atoms with Gasteiger partial charge in [-0.15, -0.1) is 0 Å². The van der Waals surface area contributed by atoms with Gasteiger partial charge in [-0.05, 0) is 33.8 Å². The number of ether oxygens (including phenoxy) is 3. The van der Waals surface area contributed by atoms with Crippen LogP contribution < -0.4 is 14.2 Å². The highest BCUT2D eigenvalue weighted by Crippen LogP contribution is 2.43. The summed E-state index contributed by atoms with van der Waals surface area (Å²) in [7, 11) is 3.18. The molecule has 27 heavy (non-hydrogen) atoms. The van der Waals surface area contributed by atoms with Crippen LogP contribution in [0.25, 0.3) is 22.2 Å². The molecule has 7 heteroatoms. The average Bonchev–Trinajstić information content (AvgIpc) is 2.62. The third-order valence-electron chi connectivity index (χ3n) is 4.14. The van der Waals surface area contributed by atoms with Crippen molar-refractivity contribution < 1.29 is 14.2 Å². The van der Waals surface area contributed by atoms with Crippen molar-refractivity contribution in [1.29, 1.82) is 0 Å². The van der Waals surface area contributed by atoms with E-state index in [0.29, 0.717) is 39.4 Å². The highest BCUT2D eigenvalue weighted by molar-refractivity contribution is 6.35. The van der Waals surface area contributed by atoms with Crippen LogP contribution in [0.4, 0.5) is 0 Å². The zero-order valence-electron chi connectivity index (χ0n) is 16.3. The Morgan fingerprint density at radius 1 is 1.00 bits per heavy atom. The fourth-order valence-electron chi connectivity index (χ4n) is 2.90. The Bertz CT molecular complexity index is 977. The number of aromatic nitrogens is 3. The van der Waals surface area contributed by atoms with E-state index in [1.54, 1.807) is 26.5 Å². The van der Waals surface area contributed by atoms with Gasteiger partial charge in [-0.25, -0.2) is 15.0 Å². The number of fused-ring (bicyclic) bond motifs is 1. The van der Waals surface area contributed by atoms with Crippen molar-refractivity contribution in [1.82, 2.24) is 15.0 Å². The monoisotopic (exact) mass is 387 g/mol. The second-order valence-electron chi connectivity index (χ2n) is 6.43. The molecule has 0 saturated heterocycles. The normalized spacial score (nSPS) is 11.1. The van der Waals surface area contributed by atoms with Crippen molar-refractivity contribution in [3.05, 3.63) is 34.7 Å². The predicted molar refractivity (Wildman–Crippen MR) is 106 cm³/mol. The first-order valence-electron chi connectivity index (χ1n) is 8.58. The van der Waals surface area contributed by atoms with Crippen LogP contribution in [-0.4, -0.2) is 35.3 Å². The molecule has 1 aromatic carbocycles. The maximum absolute atomic E-state index is 6.62. The van der Waals surface area contributed by atoms with Gasteiger partial charge in [0.15, 0.2) is 0 Å². The van der Waals surface area contributed by atoms with E-state index >= 15 is 0 Å². The van der Waals surface area contributed by atoms with E-state index < -0.39 is 0 Å². The lowest BCUT2D eigenvalue weighted by atomic mass is 10.0. The Kier molecular flexibility index (Phi) is 5.37. The number of benzene rings is 1. The number of hydrogen-bond donors (Lipinski definition) is 0. The first kappa shape index (κ1) is 19.2. The van der Waals surface area contributed by atoms with E-state index in [1.165, 1.54) is 0 Å². The average molecular weight is 388 g/mol. The molecule has 0 spiro atoms. The predicted octanol–water partition coefficient (Wildman–Crippen LogP) is 4.77. The zero-order chi connectivity index (χ0) is 19.7. The Morgan fingerprint density at radius 3 is 2.33 bits per heavy atom. The zero-order valence-corrected chi connectivity index (χ0v) is 17.0. The summed E-state index contributed by atoms with van der Waals surface area (Å²) in [6, 6.07) is 3.66. The lowest BCUT2D eigenvalue weighted by Gasteiger charge is -2.17. The van der Waals surface area contributed by atoms with Gasteiger partial charge in [0.2, 0.25) is 5.88 Å². The molecular formula is C20H22ClN3O3. The minimum Gasteiger partial charge on any atom is -0.496 e. The summed E-state index contributed by atoms with van der Waals surface area (Å²) in [5.41, 5.74) is 2.90. The van der Waals surface area contributed by atoms with Gasteiger partial charge in [0.05, 0.1) is 31.0 Å². The molecule has 0 aliphatic rings. The number of pyridine rings is 1. The molecule has 0 unspecified atom stereocenters. The van der Waals surface area contributed by atoms with Crippen LogP contribution in [0, 0.1) is 13.8 Å². The lowest BCUT2D eigenvalue weighted by molar-refractivity contribution is 0.235. The molecule has 0 fully saturated rings. The first-order valence-corrected chi connectivity index (χ1v) is 8.96. The SMILES string of the molecule is COc1cc(OC)c(Cl)c(-c2cc3cnc(C)nc3c(OC(C)C)n2)c1C. The molecule has 2 heterocycles. The minimum absolute atomic E-state index is 0.0531. The maximum atomic E-state index is 6.62. The Labute approximate surface area is 163 Å². The molecule has 0 amide bonds. The van der Waals surface area contributed by atoms with Gasteiger partial charge in [0, 0.05) is 28.8 Å². The molecular weight excluding hydrogens is 366 g/mol. The molecule has 0 bridgehead atoms. The number of hydrogen-bond acceptors (Lipinski definition) is 6. The largest absolute Gasteiger partial charge is 0.496 e. The smallest absolute Gasteiger partial charge is 0.241 e. The standard InChI is InChI=1S/C20H22ClN3O3/c1-10(2)27-20-19-13(9-22-12(4)23-19)7-14(24-20)17-11(3)15(25-5)8-16(26-6)18(17)21/h7-10H,1-6H3. The fourth-order valence-corrected chi connectivity index (χ4v) is 3.27. The third kappa shape index (κ3) is 3.62. The van der Waals surface area contributed by atoms with Gasteiger partial charge < -0.3 is 14.2 Å². The summed E-state index contributed by atoms with van der Waals surface area (Å²) in [6.45, 7) is 7.66. The summed E-state index contributed by atoms with van der Waals surface area (Å²) in [4.78, 5) is 13.5.